The summed E-state index contributed by atoms with van der Waals surface area (Å²) in [4.78, 5) is 12.4. The standard InChI is InChI=1S/C21H15ClO4/c22-17-4-2-1-3-16(17)19-10-7-15(26-19)6-8-18(23)14-5-9-20-21(13-14)25-12-11-24-20/h1-10,13H,11-12H2/b8-6+. The first-order valence-electron chi connectivity index (χ1n) is 8.17. The number of ketones is 1. The summed E-state index contributed by atoms with van der Waals surface area (Å²) in [6, 6.07) is 16.2. The van der Waals surface area contributed by atoms with Gasteiger partial charge in [0.25, 0.3) is 0 Å². The number of hydrogen-bond donors (Lipinski definition) is 0. The van der Waals surface area contributed by atoms with Crippen LogP contribution in [0.2, 0.25) is 5.02 Å². The molecule has 1 aliphatic rings. The van der Waals surface area contributed by atoms with Crippen LogP contribution in [0.5, 0.6) is 11.5 Å². The number of halogens is 1. The highest BCUT2D eigenvalue weighted by Crippen LogP contribution is 2.31. The van der Waals surface area contributed by atoms with Crippen LogP contribution in [0.4, 0.5) is 0 Å². The second-order valence-electron chi connectivity index (χ2n) is 5.74. The highest BCUT2D eigenvalue weighted by molar-refractivity contribution is 6.33. The van der Waals surface area contributed by atoms with Gasteiger partial charge in [0.15, 0.2) is 17.3 Å². The lowest BCUT2D eigenvalue weighted by Crippen LogP contribution is -2.15. The summed E-state index contributed by atoms with van der Waals surface area (Å²) in [5.41, 5.74) is 1.34. The minimum absolute atomic E-state index is 0.141. The maximum absolute atomic E-state index is 12.4. The van der Waals surface area contributed by atoms with Gasteiger partial charge in [0.1, 0.15) is 24.7 Å². The van der Waals surface area contributed by atoms with Crippen molar-refractivity contribution in [3.63, 3.8) is 0 Å². The summed E-state index contributed by atoms with van der Waals surface area (Å²) in [6.07, 6.45) is 3.11. The van der Waals surface area contributed by atoms with Crippen LogP contribution in [0.15, 0.2) is 65.1 Å². The van der Waals surface area contributed by atoms with Crippen molar-refractivity contribution in [1.82, 2.24) is 0 Å². The van der Waals surface area contributed by atoms with Crippen LogP contribution < -0.4 is 9.47 Å². The summed E-state index contributed by atoms with van der Waals surface area (Å²) in [5, 5.41) is 0.615. The molecule has 0 atom stereocenters. The second-order valence-corrected chi connectivity index (χ2v) is 6.15. The Balaban J connectivity index is 1.52. The first kappa shape index (κ1) is 16.5. The number of carbonyl (C=O) groups excluding carboxylic acids is 1. The summed E-state index contributed by atoms with van der Waals surface area (Å²) < 4.78 is 16.7. The van der Waals surface area contributed by atoms with E-state index in [1.54, 1.807) is 36.4 Å². The lowest BCUT2D eigenvalue weighted by molar-refractivity contribution is 0.104. The van der Waals surface area contributed by atoms with Gasteiger partial charge in [-0.15, -0.1) is 0 Å². The van der Waals surface area contributed by atoms with Crippen molar-refractivity contribution in [2.24, 2.45) is 0 Å². The van der Waals surface area contributed by atoms with Crippen LogP contribution in [-0.4, -0.2) is 19.0 Å². The molecule has 4 rings (SSSR count). The molecule has 0 saturated heterocycles. The number of carbonyl (C=O) groups is 1. The zero-order valence-corrected chi connectivity index (χ0v) is 14.5. The average molecular weight is 367 g/mol. The first-order valence-corrected chi connectivity index (χ1v) is 8.55. The first-order chi connectivity index (χ1) is 12.7. The third-order valence-corrected chi connectivity index (χ3v) is 4.32. The van der Waals surface area contributed by atoms with Crippen LogP contribution in [0, 0.1) is 0 Å². The van der Waals surface area contributed by atoms with Gasteiger partial charge in [-0.2, -0.15) is 0 Å². The summed E-state index contributed by atoms with van der Waals surface area (Å²) >= 11 is 6.18. The maximum Gasteiger partial charge on any atom is 0.186 e. The molecule has 0 bridgehead atoms. The highest BCUT2D eigenvalue weighted by Gasteiger charge is 2.14. The third-order valence-electron chi connectivity index (χ3n) is 3.99. The monoisotopic (exact) mass is 366 g/mol. The minimum Gasteiger partial charge on any atom is -0.486 e. The molecule has 0 fully saturated rings. The van der Waals surface area contributed by atoms with E-state index in [1.165, 1.54) is 6.08 Å². The van der Waals surface area contributed by atoms with Gasteiger partial charge in [0.05, 0.1) is 5.02 Å². The summed E-state index contributed by atoms with van der Waals surface area (Å²) in [5.74, 6) is 2.34. The van der Waals surface area contributed by atoms with Crippen LogP contribution in [0.1, 0.15) is 16.1 Å². The topological polar surface area (TPSA) is 48.7 Å². The molecule has 0 aliphatic carbocycles. The van der Waals surface area contributed by atoms with E-state index in [9.17, 15) is 4.79 Å². The number of hydrogen-bond acceptors (Lipinski definition) is 4. The van der Waals surface area contributed by atoms with E-state index in [2.05, 4.69) is 0 Å². The Morgan fingerprint density at radius 1 is 0.962 bits per heavy atom. The molecule has 5 heteroatoms. The number of furan rings is 1. The van der Waals surface area contributed by atoms with E-state index < -0.39 is 0 Å². The van der Waals surface area contributed by atoms with Crippen molar-refractivity contribution in [2.45, 2.75) is 0 Å². The Morgan fingerprint density at radius 2 is 1.77 bits per heavy atom. The maximum atomic E-state index is 12.4. The molecule has 0 radical (unpaired) electrons. The SMILES string of the molecule is O=C(/C=C/c1ccc(-c2ccccc2Cl)o1)c1ccc2c(c1)OCCO2. The Bertz CT molecular complexity index is 987. The van der Waals surface area contributed by atoms with Gasteiger partial charge < -0.3 is 13.9 Å². The largest absolute Gasteiger partial charge is 0.486 e. The van der Waals surface area contributed by atoms with E-state index in [0.717, 1.165) is 5.56 Å². The van der Waals surface area contributed by atoms with Crippen molar-refractivity contribution in [1.29, 1.82) is 0 Å². The molecule has 130 valence electrons. The Labute approximate surface area is 155 Å². The normalized spacial score (nSPS) is 13.1. The number of benzene rings is 2. The highest BCUT2D eigenvalue weighted by atomic mass is 35.5. The van der Waals surface area contributed by atoms with Crippen molar-refractivity contribution >= 4 is 23.5 Å². The van der Waals surface area contributed by atoms with Gasteiger partial charge in [0, 0.05) is 11.1 Å². The third kappa shape index (κ3) is 3.37. The Morgan fingerprint density at radius 3 is 2.62 bits per heavy atom. The van der Waals surface area contributed by atoms with Crippen LogP contribution in [-0.2, 0) is 0 Å². The van der Waals surface area contributed by atoms with Crippen LogP contribution in [0.25, 0.3) is 17.4 Å². The molecule has 3 aromatic rings. The quantitative estimate of drug-likeness (QED) is 0.466. The molecule has 1 aromatic heterocycles. The van der Waals surface area contributed by atoms with Crippen molar-refractivity contribution in [3.05, 3.63) is 77.0 Å². The zero-order valence-electron chi connectivity index (χ0n) is 13.8. The van der Waals surface area contributed by atoms with Crippen molar-refractivity contribution < 1.29 is 18.7 Å². The van der Waals surface area contributed by atoms with Crippen LogP contribution >= 0.6 is 11.6 Å². The van der Waals surface area contributed by atoms with E-state index in [1.807, 2.05) is 24.3 Å². The fourth-order valence-electron chi connectivity index (χ4n) is 2.70. The van der Waals surface area contributed by atoms with E-state index >= 15 is 0 Å². The molecule has 0 N–H and O–H groups in total. The fraction of sp³-hybridized carbons (Fsp3) is 0.0952. The van der Waals surface area contributed by atoms with Gasteiger partial charge in [-0.3, -0.25) is 4.79 Å². The molecule has 26 heavy (non-hydrogen) atoms. The predicted octanol–water partition coefficient (Wildman–Crippen LogP) is 5.27. The minimum atomic E-state index is -0.141. The number of ether oxygens (including phenoxy) is 2. The van der Waals surface area contributed by atoms with E-state index in [0.29, 0.717) is 46.8 Å². The van der Waals surface area contributed by atoms with Crippen molar-refractivity contribution in [2.75, 3.05) is 13.2 Å². The molecule has 0 spiro atoms. The average Bonchev–Trinajstić information content (AvgIpc) is 3.15. The predicted molar refractivity (Wildman–Crippen MR) is 100.0 cm³/mol. The fourth-order valence-corrected chi connectivity index (χ4v) is 2.93. The lowest BCUT2D eigenvalue weighted by atomic mass is 10.1. The van der Waals surface area contributed by atoms with Gasteiger partial charge in [-0.25, -0.2) is 0 Å². The molecular weight excluding hydrogens is 352 g/mol. The van der Waals surface area contributed by atoms with E-state index in [4.69, 9.17) is 25.5 Å². The zero-order chi connectivity index (χ0) is 17.9. The van der Waals surface area contributed by atoms with Gasteiger partial charge in [-0.1, -0.05) is 23.7 Å². The molecule has 4 nitrogen and oxygen atoms in total. The molecule has 2 heterocycles. The molecule has 1 aliphatic heterocycles. The molecule has 0 unspecified atom stereocenters. The second kappa shape index (κ2) is 7.10. The summed E-state index contributed by atoms with van der Waals surface area (Å²) in [7, 11) is 0. The van der Waals surface area contributed by atoms with Gasteiger partial charge in [-0.05, 0) is 54.6 Å². The summed E-state index contributed by atoms with van der Waals surface area (Å²) in [6.45, 7) is 1.00. The van der Waals surface area contributed by atoms with Crippen molar-refractivity contribution in [3.8, 4) is 22.8 Å². The van der Waals surface area contributed by atoms with Gasteiger partial charge >= 0.3 is 0 Å². The number of rotatable bonds is 4. The molecule has 0 amide bonds. The molecule has 2 aromatic carbocycles. The Kier molecular flexibility index (Phi) is 4.50. The molecule has 0 saturated carbocycles. The number of fused-ring (bicyclic) bond motifs is 1. The molecular formula is C21H15ClO4. The van der Waals surface area contributed by atoms with E-state index in [-0.39, 0.29) is 5.78 Å². The Hall–Kier alpha value is -2.98. The smallest absolute Gasteiger partial charge is 0.186 e. The lowest BCUT2D eigenvalue weighted by Gasteiger charge is -2.18. The van der Waals surface area contributed by atoms with Crippen LogP contribution in [0.3, 0.4) is 0 Å². The number of allylic oxidation sites excluding steroid dienone is 1. The van der Waals surface area contributed by atoms with Gasteiger partial charge in [0.2, 0.25) is 0 Å².